The Morgan fingerprint density at radius 3 is 2.33 bits per heavy atom. The summed E-state index contributed by atoms with van der Waals surface area (Å²) in [4.78, 5) is 0. The van der Waals surface area contributed by atoms with Gasteiger partial charge in [0.15, 0.2) is 6.29 Å². The lowest BCUT2D eigenvalue weighted by Crippen LogP contribution is -2.60. The molecule has 1 saturated carbocycles. The van der Waals surface area contributed by atoms with Crippen LogP contribution in [0.3, 0.4) is 0 Å². The fourth-order valence-electron chi connectivity index (χ4n) is 4.04. The molecule has 0 amide bonds. The average molecular weight is 388 g/mol. The van der Waals surface area contributed by atoms with E-state index in [1.54, 1.807) is 13.8 Å². The van der Waals surface area contributed by atoms with Gasteiger partial charge in [0.05, 0.1) is 24.4 Å². The number of aliphatic hydroxyl groups is 6. The SMILES string of the molecule is CC(O)C=C=C1C(C)(C)C[C@H](O[C@@H]2O[C@H](CO)[C@@H](O)[C@H](O)[C@H]2O)C[C@@]1(C)O. The molecule has 0 radical (unpaired) electrons. The molecule has 1 aliphatic heterocycles. The third-order valence-electron chi connectivity index (χ3n) is 5.22. The molecule has 1 aliphatic carbocycles. The summed E-state index contributed by atoms with van der Waals surface area (Å²) in [6.07, 6.45) is -5.76. The highest BCUT2D eigenvalue weighted by Gasteiger charge is 2.49. The summed E-state index contributed by atoms with van der Waals surface area (Å²) in [5.74, 6) is 0. The molecule has 2 rings (SSSR count). The first-order valence-electron chi connectivity index (χ1n) is 9.23. The maximum atomic E-state index is 10.9. The van der Waals surface area contributed by atoms with Crippen LogP contribution in [0.2, 0.25) is 0 Å². The van der Waals surface area contributed by atoms with Crippen molar-refractivity contribution in [2.75, 3.05) is 6.61 Å². The van der Waals surface area contributed by atoms with Crippen LogP contribution in [0, 0.1) is 5.41 Å². The predicted molar refractivity (Wildman–Crippen MR) is 95.6 cm³/mol. The monoisotopic (exact) mass is 388 g/mol. The van der Waals surface area contributed by atoms with Crippen LogP contribution in [0.4, 0.5) is 0 Å². The molecular formula is C19H32O8. The third-order valence-corrected chi connectivity index (χ3v) is 5.22. The molecule has 1 heterocycles. The standard InChI is InChI=1S/C19H32O8/c1-10(21)5-6-13-18(2,3)7-11(8-19(13,4)25)26-17-16(24)15(23)14(22)12(9-20)27-17/h5,10-12,14-17,20-25H,7-9H2,1-4H3/t6?,10?,11-,12+,14+,15-,16+,17+,19+/m0/s1. The van der Waals surface area contributed by atoms with E-state index in [-0.39, 0.29) is 6.42 Å². The van der Waals surface area contributed by atoms with Gasteiger partial charge in [0.25, 0.3) is 0 Å². The molecule has 2 fully saturated rings. The van der Waals surface area contributed by atoms with Crippen molar-refractivity contribution in [3.8, 4) is 0 Å². The molecular weight excluding hydrogens is 356 g/mol. The second-order valence-electron chi connectivity index (χ2n) is 8.45. The molecule has 0 bridgehead atoms. The van der Waals surface area contributed by atoms with Gasteiger partial charge in [-0.15, -0.1) is 5.73 Å². The summed E-state index contributed by atoms with van der Waals surface area (Å²) in [5, 5.41) is 59.6. The van der Waals surface area contributed by atoms with E-state index in [9.17, 15) is 30.6 Å². The quantitative estimate of drug-likeness (QED) is 0.344. The van der Waals surface area contributed by atoms with Crippen molar-refractivity contribution < 1.29 is 40.1 Å². The van der Waals surface area contributed by atoms with Crippen LogP contribution in [0.5, 0.6) is 0 Å². The number of ether oxygens (including phenoxy) is 2. The van der Waals surface area contributed by atoms with E-state index in [2.05, 4.69) is 5.73 Å². The number of hydrogen-bond donors (Lipinski definition) is 6. The van der Waals surface area contributed by atoms with Gasteiger partial charge >= 0.3 is 0 Å². The van der Waals surface area contributed by atoms with Crippen molar-refractivity contribution in [2.24, 2.45) is 5.41 Å². The molecule has 6 N–H and O–H groups in total. The molecule has 1 saturated heterocycles. The largest absolute Gasteiger partial charge is 0.394 e. The zero-order chi connectivity index (χ0) is 20.6. The van der Waals surface area contributed by atoms with Gasteiger partial charge in [0.2, 0.25) is 0 Å². The molecule has 8 atom stereocenters. The van der Waals surface area contributed by atoms with E-state index in [1.165, 1.54) is 6.08 Å². The first-order valence-corrected chi connectivity index (χ1v) is 9.23. The Balaban J connectivity index is 2.19. The molecule has 8 heteroatoms. The van der Waals surface area contributed by atoms with Gasteiger partial charge in [-0.1, -0.05) is 13.8 Å². The lowest BCUT2D eigenvalue weighted by Gasteiger charge is -2.47. The van der Waals surface area contributed by atoms with E-state index in [4.69, 9.17) is 9.47 Å². The Kier molecular flexibility index (Phi) is 6.90. The highest BCUT2D eigenvalue weighted by molar-refractivity contribution is 5.26. The summed E-state index contributed by atoms with van der Waals surface area (Å²) in [6.45, 7) is 6.54. The van der Waals surface area contributed by atoms with E-state index < -0.39 is 60.5 Å². The second kappa shape index (κ2) is 8.29. The van der Waals surface area contributed by atoms with Crippen molar-refractivity contribution in [1.82, 2.24) is 0 Å². The minimum atomic E-state index is -1.51. The maximum absolute atomic E-state index is 10.9. The fourth-order valence-corrected chi connectivity index (χ4v) is 4.04. The Hall–Kier alpha value is -0.800. The molecule has 0 aromatic heterocycles. The van der Waals surface area contributed by atoms with E-state index >= 15 is 0 Å². The molecule has 156 valence electrons. The minimum absolute atomic E-state index is 0.196. The molecule has 0 aromatic rings. The van der Waals surface area contributed by atoms with Crippen LogP contribution in [0.1, 0.15) is 40.5 Å². The number of rotatable bonds is 4. The van der Waals surface area contributed by atoms with Crippen LogP contribution in [0.25, 0.3) is 0 Å². The van der Waals surface area contributed by atoms with Gasteiger partial charge in [0, 0.05) is 12.0 Å². The Labute approximate surface area is 159 Å². The molecule has 27 heavy (non-hydrogen) atoms. The normalized spacial score (nSPS) is 43.1. The lowest BCUT2D eigenvalue weighted by molar-refractivity contribution is -0.316. The van der Waals surface area contributed by atoms with Crippen molar-refractivity contribution in [1.29, 1.82) is 0 Å². The summed E-state index contributed by atoms with van der Waals surface area (Å²) in [7, 11) is 0. The Bertz CT molecular complexity index is 556. The first-order chi connectivity index (χ1) is 12.4. The van der Waals surface area contributed by atoms with Crippen LogP contribution < -0.4 is 0 Å². The van der Waals surface area contributed by atoms with Crippen LogP contribution in [-0.4, -0.2) is 85.8 Å². The summed E-state index contributed by atoms with van der Waals surface area (Å²) < 4.78 is 11.2. The fraction of sp³-hybridized carbons (Fsp3) is 0.842. The zero-order valence-corrected chi connectivity index (χ0v) is 16.2. The summed E-state index contributed by atoms with van der Waals surface area (Å²) >= 11 is 0. The van der Waals surface area contributed by atoms with Crippen molar-refractivity contribution >= 4 is 0 Å². The van der Waals surface area contributed by atoms with Crippen molar-refractivity contribution in [3.63, 3.8) is 0 Å². The van der Waals surface area contributed by atoms with Crippen LogP contribution in [-0.2, 0) is 9.47 Å². The smallest absolute Gasteiger partial charge is 0.186 e. The minimum Gasteiger partial charge on any atom is -0.394 e. The Morgan fingerprint density at radius 1 is 1.19 bits per heavy atom. The second-order valence-corrected chi connectivity index (χ2v) is 8.45. The summed E-state index contributed by atoms with van der Waals surface area (Å²) in [5.41, 5.74) is 1.89. The molecule has 0 spiro atoms. The van der Waals surface area contributed by atoms with E-state index in [0.29, 0.717) is 12.0 Å². The average Bonchev–Trinajstić information content (AvgIpc) is 2.52. The molecule has 1 unspecified atom stereocenters. The van der Waals surface area contributed by atoms with Gasteiger partial charge in [0.1, 0.15) is 24.4 Å². The predicted octanol–water partition coefficient (Wildman–Crippen LogP) is -0.795. The topological polar surface area (TPSA) is 140 Å². The van der Waals surface area contributed by atoms with E-state index in [0.717, 1.165) is 0 Å². The summed E-state index contributed by atoms with van der Waals surface area (Å²) in [6, 6.07) is 0. The van der Waals surface area contributed by atoms with Gasteiger partial charge in [-0.25, -0.2) is 0 Å². The third kappa shape index (κ3) is 4.98. The molecule has 0 aromatic carbocycles. The number of aliphatic hydroxyl groups excluding tert-OH is 5. The van der Waals surface area contributed by atoms with Gasteiger partial charge < -0.3 is 40.1 Å². The Morgan fingerprint density at radius 2 is 1.81 bits per heavy atom. The first kappa shape index (κ1) is 22.5. The van der Waals surface area contributed by atoms with Crippen molar-refractivity contribution in [2.45, 2.75) is 89.1 Å². The van der Waals surface area contributed by atoms with Crippen LogP contribution in [0.15, 0.2) is 17.4 Å². The lowest BCUT2D eigenvalue weighted by atomic mass is 9.65. The van der Waals surface area contributed by atoms with Crippen LogP contribution >= 0.6 is 0 Å². The van der Waals surface area contributed by atoms with Gasteiger partial charge in [-0.2, -0.15) is 0 Å². The molecule has 2 aliphatic rings. The highest BCUT2D eigenvalue weighted by atomic mass is 16.7. The van der Waals surface area contributed by atoms with Crippen molar-refractivity contribution in [3.05, 3.63) is 17.4 Å². The number of hydrogen-bond acceptors (Lipinski definition) is 8. The molecule has 8 nitrogen and oxygen atoms in total. The van der Waals surface area contributed by atoms with E-state index in [1.807, 2.05) is 13.8 Å². The highest BCUT2D eigenvalue weighted by Crippen LogP contribution is 2.46. The van der Waals surface area contributed by atoms with Gasteiger partial charge in [-0.05, 0) is 31.8 Å². The van der Waals surface area contributed by atoms with Gasteiger partial charge in [-0.3, -0.25) is 0 Å². The maximum Gasteiger partial charge on any atom is 0.186 e. The zero-order valence-electron chi connectivity index (χ0n) is 16.2.